The third-order valence-electron chi connectivity index (χ3n) is 3.99. The van der Waals surface area contributed by atoms with E-state index in [2.05, 4.69) is 10.1 Å². The highest BCUT2D eigenvalue weighted by Crippen LogP contribution is 2.30. The Morgan fingerprint density at radius 3 is 2.73 bits per heavy atom. The fourth-order valence-electron chi connectivity index (χ4n) is 2.68. The molecule has 0 saturated carbocycles. The molecule has 0 bridgehead atoms. The smallest absolute Gasteiger partial charge is 0.433 e. The second-order valence-electron chi connectivity index (χ2n) is 5.97. The molecule has 2 heterocycles. The third kappa shape index (κ3) is 3.68. The van der Waals surface area contributed by atoms with E-state index in [0.717, 1.165) is 22.7 Å². The number of rotatable bonds is 4. The first-order valence-corrected chi connectivity index (χ1v) is 7.90. The van der Waals surface area contributed by atoms with Crippen molar-refractivity contribution in [1.82, 2.24) is 15.2 Å². The van der Waals surface area contributed by atoms with Gasteiger partial charge in [0.15, 0.2) is 0 Å². The first kappa shape index (κ1) is 17.9. The average Bonchev–Trinajstić information content (AvgIpc) is 3.03. The Balaban J connectivity index is 1.72. The number of fused-ring (bicyclic) bond motifs is 1. The summed E-state index contributed by atoms with van der Waals surface area (Å²) in [4.78, 5) is 16.7. The minimum absolute atomic E-state index is 0.0470. The van der Waals surface area contributed by atoms with Gasteiger partial charge in [-0.15, -0.1) is 0 Å². The van der Waals surface area contributed by atoms with Crippen LogP contribution >= 0.6 is 0 Å². The van der Waals surface area contributed by atoms with Gasteiger partial charge in [-0.25, -0.2) is 4.79 Å². The molecule has 5 nitrogen and oxygen atoms in total. The second-order valence-corrected chi connectivity index (χ2v) is 5.97. The van der Waals surface area contributed by atoms with E-state index in [1.807, 2.05) is 30.2 Å². The summed E-state index contributed by atoms with van der Waals surface area (Å²) in [5.41, 5.74) is 1.62. The number of carbonyl (C=O) groups is 1. The zero-order chi connectivity index (χ0) is 18.9. The minimum Gasteiger partial charge on any atom is -0.462 e. The van der Waals surface area contributed by atoms with Gasteiger partial charge in [-0.05, 0) is 32.0 Å². The molecule has 2 aromatic heterocycles. The van der Waals surface area contributed by atoms with Crippen molar-refractivity contribution in [3.05, 3.63) is 58.5 Å². The fourth-order valence-corrected chi connectivity index (χ4v) is 2.68. The largest absolute Gasteiger partial charge is 0.462 e. The van der Waals surface area contributed by atoms with Gasteiger partial charge in [0.05, 0.1) is 29.6 Å². The first-order valence-electron chi connectivity index (χ1n) is 7.90. The summed E-state index contributed by atoms with van der Waals surface area (Å²) in [5, 5.41) is 6.13. The van der Waals surface area contributed by atoms with Crippen LogP contribution in [0.3, 0.4) is 0 Å². The van der Waals surface area contributed by atoms with Gasteiger partial charge < -0.3 is 4.74 Å². The number of benzene rings is 1. The number of aryl methyl sites for hydroxylation is 2. The second kappa shape index (κ2) is 6.78. The highest BCUT2D eigenvalue weighted by molar-refractivity contribution is 5.95. The molecule has 0 radical (unpaired) electrons. The zero-order valence-electron chi connectivity index (χ0n) is 14.1. The number of nitrogens with one attached hydrogen (secondary N) is 1. The summed E-state index contributed by atoms with van der Waals surface area (Å²) >= 11 is 0. The van der Waals surface area contributed by atoms with E-state index < -0.39 is 17.8 Å². The Kier molecular flexibility index (Phi) is 4.67. The monoisotopic (exact) mass is 363 g/mol. The number of alkyl halides is 3. The number of pyridine rings is 1. The number of esters is 1. The van der Waals surface area contributed by atoms with Gasteiger partial charge in [0.1, 0.15) is 5.69 Å². The molecule has 0 aliphatic heterocycles. The van der Waals surface area contributed by atoms with Crippen LogP contribution in [0.4, 0.5) is 13.2 Å². The van der Waals surface area contributed by atoms with Crippen LogP contribution < -0.4 is 0 Å². The van der Waals surface area contributed by atoms with E-state index in [-0.39, 0.29) is 18.6 Å². The van der Waals surface area contributed by atoms with Crippen molar-refractivity contribution in [3.63, 3.8) is 0 Å². The van der Waals surface area contributed by atoms with Gasteiger partial charge in [-0.3, -0.25) is 10.1 Å². The number of hydrogen-bond acceptors (Lipinski definition) is 4. The van der Waals surface area contributed by atoms with Crippen LogP contribution in [-0.4, -0.2) is 27.8 Å². The van der Waals surface area contributed by atoms with Crippen molar-refractivity contribution in [1.29, 1.82) is 0 Å². The molecule has 0 unspecified atom stereocenters. The summed E-state index contributed by atoms with van der Waals surface area (Å²) in [5.74, 6) is -0.615. The molecule has 3 rings (SSSR count). The minimum atomic E-state index is -4.52. The van der Waals surface area contributed by atoms with Crippen LogP contribution in [0.15, 0.2) is 30.5 Å². The number of H-pyrrole nitrogens is 1. The van der Waals surface area contributed by atoms with E-state index in [1.54, 1.807) is 13.0 Å². The van der Waals surface area contributed by atoms with Crippen LogP contribution in [0.25, 0.3) is 10.9 Å². The van der Waals surface area contributed by atoms with Crippen LogP contribution in [0.2, 0.25) is 0 Å². The molecule has 136 valence electrons. The fraction of sp³-hybridized carbons (Fsp3) is 0.278. The molecule has 26 heavy (non-hydrogen) atoms. The van der Waals surface area contributed by atoms with E-state index in [1.165, 1.54) is 0 Å². The van der Waals surface area contributed by atoms with Gasteiger partial charge in [0.25, 0.3) is 0 Å². The van der Waals surface area contributed by atoms with Crippen molar-refractivity contribution in [2.45, 2.75) is 26.4 Å². The molecule has 1 aromatic carbocycles. The predicted octanol–water partition coefficient (Wildman–Crippen LogP) is 3.99. The maximum atomic E-state index is 12.8. The summed E-state index contributed by atoms with van der Waals surface area (Å²) < 4.78 is 43.5. The maximum Gasteiger partial charge on any atom is 0.433 e. The number of ether oxygens (including phenoxy) is 1. The van der Waals surface area contributed by atoms with Gasteiger partial charge in [-0.1, -0.05) is 11.6 Å². The molecule has 0 atom stereocenters. The Morgan fingerprint density at radius 2 is 2.00 bits per heavy atom. The molecular formula is C18H16F3N3O2. The Bertz CT molecular complexity index is 964. The highest BCUT2D eigenvalue weighted by Gasteiger charge is 2.35. The lowest BCUT2D eigenvalue weighted by atomic mass is 10.1. The molecular weight excluding hydrogens is 347 g/mol. The van der Waals surface area contributed by atoms with Gasteiger partial charge in [0.2, 0.25) is 0 Å². The van der Waals surface area contributed by atoms with Crippen molar-refractivity contribution < 1.29 is 22.7 Å². The molecule has 0 spiro atoms. The Labute approximate surface area is 147 Å². The normalized spacial score (nSPS) is 11.7. The molecule has 0 amide bonds. The highest BCUT2D eigenvalue weighted by atomic mass is 19.4. The summed E-state index contributed by atoms with van der Waals surface area (Å²) in [7, 11) is 0. The molecule has 8 heteroatoms. The van der Waals surface area contributed by atoms with Gasteiger partial charge in [-0.2, -0.15) is 18.3 Å². The number of nitrogens with zero attached hydrogens (tertiary/aromatic N) is 2. The number of carbonyl (C=O) groups excluding carboxylic acids is 1. The molecule has 0 fully saturated rings. The van der Waals surface area contributed by atoms with Crippen LogP contribution in [-0.2, 0) is 17.3 Å². The third-order valence-corrected chi connectivity index (χ3v) is 3.99. The SMILES string of the molecule is Cc1ccc2nc(C)c(C(=O)OCCc3cn[nH]c3C(F)(F)F)cc2c1. The maximum absolute atomic E-state index is 12.8. The van der Waals surface area contributed by atoms with Crippen molar-refractivity contribution in [3.8, 4) is 0 Å². The number of hydrogen-bond donors (Lipinski definition) is 1. The Morgan fingerprint density at radius 1 is 1.23 bits per heavy atom. The molecule has 3 aromatic rings. The van der Waals surface area contributed by atoms with Crippen molar-refractivity contribution >= 4 is 16.9 Å². The number of aromatic nitrogens is 3. The summed E-state index contributed by atoms with van der Waals surface area (Å²) in [6.45, 7) is 3.43. The lowest BCUT2D eigenvalue weighted by molar-refractivity contribution is -0.141. The van der Waals surface area contributed by atoms with Gasteiger partial charge in [0, 0.05) is 17.4 Å². The van der Waals surface area contributed by atoms with Crippen molar-refractivity contribution in [2.24, 2.45) is 0 Å². The Hall–Kier alpha value is -2.90. The van der Waals surface area contributed by atoms with E-state index in [4.69, 9.17) is 4.74 Å². The van der Waals surface area contributed by atoms with Crippen LogP contribution in [0.5, 0.6) is 0 Å². The standard InChI is InChI=1S/C18H16F3N3O2/c1-10-3-4-15-13(7-10)8-14(11(2)23-15)17(25)26-6-5-12-9-22-24-16(12)18(19,20)21/h3-4,7-9H,5-6H2,1-2H3,(H,22,24). The molecule has 0 saturated heterocycles. The predicted molar refractivity (Wildman–Crippen MR) is 88.8 cm³/mol. The zero-order valence-corrected chi connectivity index (χ0v) is 14.1. The lowest BCUT2D eigenvalue weighted by Gasteiger charge is -2.10. The topological polar surface area (TPSA) is 67.9 Å². The van der Waals surface area contributed by atoms with Gasteiger partial charge >= 0.3 is 12.1 Å². The van der Waals surface area contributed by atoms with Crippen LogP contribution in [0, 0.1) is 13.8 Å². The number of aromatic amines is 1. The van der Waals surface area contributed by atoms with E-state index in [9.17, 15) is 18.0 Å². The number of halogens is 3. The quantitative estimate of drug-likeness (QED) is 0.712. The summed E-state index contributed by atoms with van der Waals surface area (Å²) in [6.07, 6.45) is -3.52. The molecule has 0 aliphatic carbocycles. The van der Waals surface area contributed by atoms with Crippen molar-refractivity contribution in [2.75, 3.05) is 6.61 Å². The van der Waals surface area contributed by atoms with E-state index in [0.29, 0.717) is 11.3 Å². The van der Waals surface area contributed by atoms with E-state index >= 15 is 0 Å². The average molecular weight is 363 g/mol. The summed E-state index contributed by atoms with van der Waals surface area (Å²) in [6, 6.07) is 7.38. The first-order chi connectivity index (χ1) is 12.3. The molecule has 1 N–H and O–H groups in total. The van der Waals surface area contributed by atoms with Crippen LogP contribution in [0.1, 0.15) is 32.9 Å². The molecule has 0 aliphatic rings. The lowest BCUT2D eigenvalue weighted by Crippen LogP contribution is -2.13.